The van der Waals surface area contributed by atoms with Gasteiger partial charge in [0.25, 0.3) is 0 Å². The lowest BCUT2D eigenvalue weighted by molar-refractivity contribution is 1.29. The Balaban J connectivity index is 1.00. The highest BCUT2D eigenvalue weighted by Crippen LogP contribution is 2.54. The number of anilines is 3. The van der Waals surface area contributed by atoms with Crippen molar-refractivity contribution >= 4 is 67.4 Å². The number of rotatable bonds is 14. The smallest absolute Gasteiger partial charge is 0.179 e. The molecule has 0 unspecified atom stereocenters. The molecule has 0 heterocycles. The lowest BCUT2D eigenvalue weighted by Gasteiger charge is -2.36. The second-order valence-electron chi connectivity index (χ2n) is 22.6. The number of para-hydroxylation sites is 1. The van der Waals surface area contributed by atoms with Gasteiger partial charge in [-0.1, -0.05) is 340 Å². The summed E-state index contributed by atoms with van der Waals surface area (Å²) in [7, 11) is -2.96. The van der Waals surface area contributed by atoms with Gasteiger partial charge in [-0.2, -0.15) is 0 Å². The number of hydrogen-bond acceptors (Lipinski definition) is 1. The molecule has 0 aliphatic carbocycles. The molecule has 0 N–H and O–H groups in total. The molecule has 0 bridgehead atoms. The van der Waals surface area contributed by atoms with Gasteiger partial charge in [-0.3, -0.25) is 0 Å². The van der Waals surface area contributed by atoms with E-state index in [1.807, 2.05) is 0 Å². The summed E-state index contributed by atoms with van der Waals surface area (Å²) < 4.78 is 0. The van der Waals surface area contributed by atoms with E-state index in [9.17, 15) is 0 Å². The van der Waals surface area contributed by atoms with E-state index in [2.05, 4.69) is 375 Å². The van der Waals surface area contributed by atoms with Crippen LogP contribution in [0.5, 0.6) is 0 Å². The highest BCUT2D eigenvalue weighted by molar-refractivity contribution is 7.20. The summed E-state index contributed by atoms with van der Waals surface area (Å²) in [5.41, 5.74) is 19.6. The maximum absolute atomic E-state index is 2.96. The fraction of sp³-hybridized carbons (Fsp3) is 0. The molecule has 414 valence electrons. The minimum atomic E-state index is -2.96. The summed E-state index contributed by atoms with van der Waals surface area (Å²) in [6.07, 6.45) is 0. The van der Waals surface area contributed by atoms with Crippen LogP contribution in [0.3, 0.4) is 0 Å². The van der Waals surface area contributed by atoms with Gasteiger partial charge in [-0.25, -0.2) is 0 Å². The Morgan fingerprint density at radius 2 is 0.580 bits per heavy atom. The van der Waals surface area contributed by atoms with Gasteiger partial charge in [0.15, 0.2) is 8.07 Å². The fourth-order valence-electron chi connectivity index (χ4n) is 13.8. The lowest BCUT2D eigenvalue weighted by atomic mass is 9.77. The lowest BCUT2D eigenvalue weighted by Crippen LogP contribution is -2.74. The molecule has 15 aromatic carbocycles. The third kappa shape index (κ3) is 9.63. The van der Waals surface area contributed by atoms with Crippen molar-refractivity contribution in [3.05, 3.63) is 370 Å². The molecule has 0 spiro atoms. The molecule has 1 nitrogen and oxygen atoms in total. The SMILES string of the molecule is c1ccc(-c2c(-c3ccccc3)c(-c3ccccc3)c3c(-c4ccccc4-c4ccccc4N(c4ccc(-c5cccc6ccccc56)cc4)c4cccc([Si](c5ccccc5)(c5ccccc5)c5ccccc5)c4)cccc3c2-c2ccccc2)cc1. The second-order valence-corrected chi connectivity index (χ2v) is 26.4. The minimum Gasteiger partial charge on any atom is -0.310 e. The van der Waals surface area contributed by atoms with E-state index in [1.54, 1.807) is 0 Å². The maximum Gasteiger partial charge on any atom is 0.179 e. The zero-order valence-corrected chi connectivity index (χ0v) is 49.7. The minimum absolute atomic E-state index is 1.06. The average Bonchev–Trinajstić information content (AvgIpc) is 0.802. The highest BCUT2D eigenvalue weighted by atomic mass is 28.3. The molecule has 0 saturated carbocycles. The molecule has 0 aromatic heterocycles. The Morgan fingerprint density at radius 3 is 1.15 bits per heavy atom. The van der Waals surface area contributed by atoms with Gasteiger partial charge < -0.3 is 4.90 Å². The Kier molecular flexibility index (Phi) is 14.4. The van der Waals surface area contributed by atoms with Crippen LogP contribution >= 0.6 is 0 Å². The molecule has 0 saturated heterocycles. The summed E-state index contributed by atoms with van der Waals surface area (Å²) in [5, 5.41) is 10.1. The van der Waals surface area contributed by atoms with Crippen LogP contribution in [-0.4, -0.2) is 8.07 Å². The van der Waals surface area contributed by atoms with Crippen molar-refractivity contribution in [3.8, 4) is 77.9 Å². The number of hydrogen-bond donors (Lipinski definition) is 0. The van der Waals surface area contributed by atoms with Crippen molar-refractivity contribution in [2.75, 3.05) is 4.90 Å². The molecule has 88 heavy (non-hydrogen) atoms. The fourth-order valence-corrected chi connectivity index (χ4v) is 18.6. The number of benzene rings is 15. The molecule has 0 aliphatic heterocycles. The monoisotopic (exact) mass is 1140 g/mol. The Hall–Kier alpha value is -11.2. The van der Waals surface area contributed by atoms with Crippen LogP contribution in [0.4, 0.5) is 17.1 Å². The van der Waals surface area contributed by atoms with E-state index in [4.69, 9.17) is 0 Å². The van der Waals surface area contributed by atoms with Crippen molar-refractivity contribution in [1.82, 2.24) is 0 Å². The first-order chi connectivity index (χ1) is 43.7. The number of fused-ring (bicyclic) bond motifs is 2. The van der Waals surface area contributed by atoms with Crippen molar-refractivity contribution < 1.29 is 0 Å². The molecule has 0 amide bonds. The maximum atomic E-state index is 2.51. The normalized spacial score (nSPS) is 11.4. The Labute approximate surface area is 517 Å². The van der Waals surface area contributed by atoms with Gasteiger partial charge in [0, 0.05) is 16.9 Å². The zero-order valence-electron chi connectivity index (χ0n) is 48.7. The van der Waals surface area contributed by atoms with Crippen LogP contribution in [0, 0.1) is 0 Å². The van der Waals surface area contributed by atoms with Gasteiger partial charge in [-0.05, 0) is 145 Å². The summed E-state index contributed by atoms with van der Waals surface area (Å²) in [6, 6.07) is 137. The van der Waals surface area contributed by atoms with Crippen LogP contribution < -0.4 is 25.6 Å². The summed E-state index contributed by atoms with van der Waals surface area (Å²) in [4.78, 5) is 2.51. The molecule has 0 atom stereocenters. The molecule has 0 aliphatic rings. The highest BCUT2D eigenvalue weighted by Gasteiger charge is 2.42. The zero-order chi connectivity index (χ0) is 58.6. The van der Waals surface area contributed by atoms with Crippen molar-refractivity contribution in [3.63, 3.8) is 0 Å². The quantitative estimate of drug-likeness (QED) is 0.0775. The Bertz CT molecular complexity index is 4810. The molecule has 15 aromatic rings. The molecule has 2 heteroatoms. The Morgan fingerprint density at radius 1 is 0.205 bits per heavy atom. The van der Waals surface area contributed by atoms with Gasteiger partial charge in [0.05, 0.1) is 5.69 Å². The van der Waals surface area contributed by atoms with E-state index in [0.717, 1.165) is 50.4 Å². The standard InChI is InChI=1S/C86H61NSi/c1-8-32-64(33-9-1)82-80-55-30-54-79(86(80)85(67-38-14-4-15-39-67)84(66-36-12-3-13-37-66)83(82)65-34-10-2-11-35-65)77-51-25-24-50-76(77)78-52-26-27-56-81(78)87(68-59-57-63(58-60-68)75-53-28-40-62-31-22-23-49-74(62)75)69-41-29-48-73(61-69)88(70-42-16-5-17-43-70,71-44-18-6-19-45-71)72-46-20-7-21-47-72/h1-61H. The van der Waals surface area contributed by atoms with E-state index in [1.165, 1.54) is 86.8 Å². The van der Waals surface area contributed by atoms with Crippen LogP contribution in [0.1, 0.15) is 0 Å². The molecule has 15 rings (SSSR count). The molecule has 0 radical (unpaired) electrons. The van der Waals surface area contributed by atoms with Crippen molar-refractivity contribution in [1.29, 1.82) is 0 Å². The van der Waals surface area contributed by atoms with Crippen LogP contribution in [0.2, 0.25) is 0 Å². The average molecular weight is 1140 g/mol. The third-order valence-electron chi connectivity index (χ3n) is 17.6. The summed E-state index contributed by atoms with van der Waals surface area (Å²) >= 11 is 0. The van der Waals surface area contributed by atoms with Gasteiger partial charge in [0.2, 0.25) is 0 Å². The topological polar surface area (TPSA) is 3.24 Å². The molecule has 0 fully saturated rings. The molecular formula is C86H61NSi. The van der Waals surface area contributed by atoms with E-state index in [0.29, 0.717) is 0 Å². The van der Waals surface area contributed by atoms with E-state index in [-0.39, 0.29) is 0 Å². The first-order valence-electron chi connectivity index (χ1n) is 30.4. The van der Waals surface area contributed by atoms with Crippen molar-refractivity contribution in [2.24, 2.45) is 0 Å². The third-order valence-corrected chi connectivity index (χ3v) is 22.4. The predicted octanol–water partition coefficient (Wildman–Crippen LogP) is 20.5. The van der Waals surface area contributed by atoms with E-state index < -0.39 is 8.07 Å². The van der Waals surface area contributed by atoms with Gasteiger partial charge in [-0.15, -0.1) is 0 Å². The summed E-state index contributed by atoms with van der Waals surface area (Å²) in [6.45, 7) is 0. The van der Waals surface area contributed by atoms with Gasteiger partial charge >= 0.3 is 0 Å². The van der Waals surface area contributed by atoms with Crippen molar-refractivity contribution in [2.45, 2.75) is 0 Å². The largest absolute Gasteiger partial charge is 0.310 e. The van der Waals surface area contributed by atoms with E-state index >= 15 is 0 Å². The summed E-state index contributed by atoms with van der Waals surface area (Å²) in [5.74, 6) is 0. The second kappa shape index (κ2) is 23.7. The van der Waals surface area contributed by atoms with Crippen LogP contribution in [-0.2, 0) is 0 Å². The first kappa shape index (κ1) is 53.6. The van der Waals surface area contributed by atoms with Gasteiger partial charge in [0.1, 0.15) is 0 Å². The first-order valence-corrected chi connectivity index (χ1v) is 32.4. The predicted molar refractivity (Wildman–Crippen MR) is 378 cm³/mol. The molecular weight excluding hydrogens is 1080 g/mol. The van der Waals surface area contributed by atoms with Crippen LogP contribution in [0.15, 0.2) is 370 Å². The number of nitrogens with zero attached hydrogens (tertiary/aromatic N) is 1. The van der Waals surface area contributed by atoms with Crippen LogP contribution in [0.25, 0.3) is 99.4 Å².